The third kappa shape index (κ3) is 4.10. The molecule has 1 rings (SSSR count). The van der Waals surface area contributed by atoms with Crippen LogP contribution in [0.15, 0.2) is 12.2 Å². The summed E-state index contributed by atoms with van der Waals surface area (Å²) < 4.78 is 5.46. The number of carbonyl (C=O) groups is 1. The molecular weight excluding hydrogens is 200 g/mol. The Morgan fingerprint density at radius 2 is 1.75 bits per heavy atom. The van der Waals surface area contributed by atoms with Crippen LogP contribution in [0.3, 0.4) is 0 Å². The van der Waals surface area contributed by atoms with Gasteiger partial charge in [-0.25, -0.2) is 0 Å². The van der Waals surface area contributed by atoms with Crippen molar-refractivity contribution < 1.29 is 9.53 Å². The van der Waals surface area contributed by atoms with Crippen molar-refractivity contribution in [2.75, 3.05) is 0 Å². The van der Waals surface area contributed by atoms with Gasteiger partial charge in [0.05, 0.1) is 0 Å². The van der Waals surface area contributed by atoms with E-state index in [0.29, 0.717) is 0 Å². The van der Waals surface area contributed by atoms with Gasteiger partial charge in [0, 0.05) is 6.92 Å². The van der Waals surface area contributed by atoms with Crippen LogP contribution in [0.1, 0.15) is 52.4 Å². The Labute approximate surface area is 98.1 Å². The average Bonchev–Trinajstić information content (AvgIpc) is 2.40. The lowest BCUT2D eigenvalue weighted by Crippen LogP contribution is -2.32. The summed E-state index contributed by atoms with van der Waals surface area (Å²) in [4.78, 5) is 11.2. The minimum atomic E-state index is -0.554. The Hall–Kier alpha value is -1.23. The van der Waals surface area contributed by atoms with E-state index < -0.39 is 5.60 Å². The summed E-state index contributed by atoms with van der Waals surface area (Å²) in [5, 5.41) is 0. The number of hydrogen-bond donors (Lipinski definition) is 0. The van der Waals surface area contributed by atoms with Crippen LogP contribution >= 0.6 is 0 Å². The summed E-state index contributed by atoms with van der Waals surface area (Å²) in [6.07, 6.45) is 6.28. The lowest BCUT2D eigenvalue weighted by molar-refractivity contribution is -0.152. The van der Waals surface area contributed by atoms with Gasteiger partial charge >= 0.3 is 5.97 Å². The number of ether oxygens (including phenoxy) is 1. The molecule has 0 aliphatic heterocycles. The zero-order valence-electron chi connectivity index (χ0n) is 10.3. The smallest absolute Gasteiger partial charge is 0.304 e. The van der Waals surface area contributed by atoms with E-state index in [9.17, 15) is 4.79 Å². The summed E-state index contributed by atoms with van der Waals surface area (Å²) >= 11 is 0. The largest absolute Gasteiger partial charge is 0.446 e. The minimum absolute atomic E-state index is 0.238. The van der Waals surface area contributed by atoms with Crippen LogP contribution in [0, 0.1) is 11.8 Å². The second-order valence-corrected chi connectivity index (χ2v) is 4.53. The molecule has 0 N–H and O–H groups in total. The van der Waals surface area contributed by atoms with Gasteiger partial charge in [0.25, 0.3) is 0 Å². The van der Waals surface area contributed by atoms with Crippen molar-refractivity contribution in [2.45, 2.75) is 58.0 Å². The van der Waals surface area contributed by atoms with Crippen LogP contribution in [0.5, 0.6) is 0 Å². The first kappa shape index (κ1) is 12.8. The third-order valence-corrected chi connectivity index (χ3v) is 2.75. The molecule has 1 aliphatic carbocycles. The van der Waals surface area contributed by atoms with Crippen LogP contribution in [0.4, 0.5) is 0 Å². The van der Waals surface area contributed by atoms with Gasteiger partial charge in [-0.05, 0) is 38.2 Å². The van der Waals surface area contributed by atoms with Gasteiger partial charge in [0.1, 0.15) is 0 Å². The average molecular weight is 220 g/mol. The van der Waals surface area contributed by atoms with Crippen LogP contribution in [-0.2, 0) is 9.53 Å². The molecular formula is C14H20O2. The zero-order valence-corrected chi connectivity index (χ0v) is 10.3. The van der Waals surface area contributed by atoms with E-state index in [1.165, 1.54) is 19.8 Å². The monoisotopic (exact) mass is 220 g/mol. The van der Waals surface area contributed by atoms with Gasteiger partial charge in [-0.2, -0.15) is 0 Å². The van der Waals surface area contributed by atoms with Gasteiger partial charge in [0.15, 0.2) is 5.60 Å². The van der Waals surface area contributed by atoms with Crippen molar-refractivity contribution in [1.29, 1.82) is 0 Å². The van der Waals surface area contributed by atoms with Gasteiger partial charge in [0.2, 0.25) is 0 Å². The van der Waals surface area contributed by atoms with Crippen molar-refractivity contribution in [3.05, 3.63) is 12.2 Å². The maximum Gasteiger partial charge on any atom is 0.304 e. The molecule has 0 spiro atoms. The van der Waals surface area contributed by atoms with E-state index in [-0.39, 0.29) is 5.97 Å². The van der Waals surface area contributed by atoms with Crippen molar-refractivity contribution in [1.82, 2.24) is 0 Å². The number of esters is 1. The molecule has 0 unspecified atom stereocenters. The molecule has 0 radical (unpaired) electrons. The molecule has 2 heteroatoms. The molecule has 0 aromatic carbocycles. The Morgan fingerprint density at radius 3 is 2.19 bits per heavy atom. The topological polar surface area (TPSA) is 26.3 Å². The predicted octanol–water partition coefficient (Wildman–Crippen LogP) is 3.22. The maximum atomic E-state index is 11.2. The van der Waals surface area contributed by atoms with Gasteiger partial charge < -0.3 is 4.74 Å². The quantitative estimate of drug-likeness (QED) is 0.385. The second-order valence-electron chi connectivity index (χ2n) is 4.53. The first-order chi connectivity index (χ1) is 7.54. The second kappa shape index (κ2) is 5.75. The van der Waals surface area contributed by atoms with Crippen LogP contribution < -0.4 is 0 Å². The Morgan fingerprint density at radius 1 is 1.19 bits per heavy atom. The predicted molar refractivity (Wildman–Crippen MR) is 64.8 cm³/mol. The number of hydrogen-bond acceptors (Lipinski definition) is 2. The number of carbonyl (C=O) groups excluding carboxylic acids is 1. The highest BCUT2D eigenvalue weighted by atomic mass is 16.6. The summed E-state index contributed by atoms with van der Waals surface area (Å²) in [5.74, 6) is 5.84. The Kier molecular flexibility index (Phi) is 4.61. The summed E-state index contributed by atoms with van der Waals surface area (Å²) in [7, 11) is 0. The molecule has 0 aromatic heterocycles. The first-order valence-corrected chi connectivity index (χ1v) is 5.92. The third-order valence-electron chi connectivity index (χ3n) is 2.75. The molecule has 1 fully saturated rings. The fourth-order valence-corrected chi connectivity index (χ4v) is 2.05. The fraction of sp³-hybridized carbons (Fsp3) is 0.643. The highest BCUT2D eigenvalue weighted by molar-refractivity contribution is 5.67. The normalized spacial score (nSPS) is 18.9. The zero-order chi connectivity index (χ0) is 12.0. The number of rotatable bonds is 1. The molecule has 0 atom stereocenters. The molecule has 0 heterocycles. The Balaban J connectivity index is 2.86. The molecule has 1 aliphatic rings. The molecule has 1 saturated carbocycles. The molecule has 0 amide bonds. The van der Waals surface area contributed by atoms with Crippen molar-refractivity contribution >= 4 is 5.97 Å². The summed E-state index contributed by atoms with van der Waals surface area (Å²) in [6, 6.07) is 0. The van der Waals surface area contributed by atoms with E-state index in [0.717, 1.165) is 31.3 Å². The maximum absolute atomic E-state index is 11.2. The SMILES string of the molecule is C=C(C)C#CC1(OC(C)=O)CCCCCC1. The highest BCUT2D eigenvalue weighted by Gasteiger charge is 2.32. The van der Waals surface area contributed by atoms with Crippen molar-refractivity contribution in [3.8, 4) is 11.8 Å². The van der Waals surface area contributed by atoms with Gasteiger partial charge in [-0.15, -0.1) is 0 Å². The van der Waals surface area contributed by atoms with E-state index >= 15 is 0 Å². The summed E-state index contributed by atoms with van der Waals surface area (Å²) in [5.41, 5.74) is 0.261. The fourth-order valence-electron chi connectivity index (χ4n) is 2.05. The first-order valence-electron chi connectivity index (χ1n) is 5.92. The standard InChI is InChI=1S/C14H20O2/c1-12(2)8-11-14(16-13(3)15)9-6-4-5-7-10-14/h1,4-7,9-10H2,2-3H3. The van der Waals surface area contributed by atoms with Crippen LogP contribution in [0.2, 0.25) is 0 Å². The lowest BCUT2D eigenvalue weighted by atomic mass is 9.94. The van der Waals surface area contributed by atoms with Gasteiger partial charge in [-0.1, -0.05) is 31.3 Å². The van der Waals surface area contributed by atoms with Crippen LogP contribution in [-0.4, -0.2) is 11.6 Å². The number of allylic oxidation sites excluding steroid dienone is 1. The molecule has 0 aromatic rings. The van der Waals surface area contributed by atoms with Crippen LogP contribution in [0.25, 0.3) is 0 Å². The Bertz CT molecular complexity index is 322. The molecule has 0 saturated heterocycles. The lowest BCUT2D eigenvalue weighted by Gasteiger charge is -2.26. The minimum Gasteiger partial charge on any atom is -0.446 e. The molecule has 88 valence electrons. The van der Waals surface area contributed by atoms with Crippen molar-refractivity contribution in [2.24, 2.45) is 0 Å². The highest BCUT2D eigenvalue weighted by Crippen LogP contribution is 2.30. The van der Waals surface area contributed by atoms with E-state index in [1.54, 1.807) is 0 Å². The molecule has 2 nitrogen and oxygen atoms in total. The molecule has 0 bridgehead atoms. The molecule has 16 heavy (non-hydrogen) atoms. The van der Waals surface area contributed by atoms with E-state index in [4.69, 9.17) is 4.74 Å². The summed E-state index contributed by atoms with van der Waals surface area (Å²) in [6.45, 7) is 7.08. The van der Waals surface area contributed by atoms with Crippen molar-refractivity contribution in [3.63, 3.8) is 0 Å². The van der Waals surface area contributed by atoms with E-state index in [1.807, 2.05) is 6.92 Å². The van der Waals surface area contributed by atoms with E-state index in [2.05, 4.69) is 18.4 Å². The van der Waals surface area contributed by atoms with Gasteiger partial charge in [-0.3, -0.25) is 4.79 Å².